The van der Waals surface area contributed by atoms with Crippen LogP contribution in [0.1, 0.15) is 18.2 Å². The topological polar surface area (TPSA) is 35.6 Å². The van der Waals surface area contributed by atoms with Gasteiger partial charge in [-0.3, -0.25) is 4.68 Å². The van der Waals surface area contributed by atoms with Crippen molar-refractivity contribution in [3.63, 3.8) is 0 Å². The Morgan fingerprint density at radius 1 is 1.19 bits per heavy atom. The van der Waals surface area contributed by atoms with Gasteiger partial charge in [0.25, 0.3) is 0 Å². The van der Waals surface area contributed by atoms with Gasteiger partial charge in [-0.15, -0.1) is 0 Å². The first-order valence-corrected chi connectivity index (χ1v) is 7.45. The van der Waals surface area contributed by atoms with Crippen molar-refractivity contribution >= 4 is 15.9 Å². The molecule has 0 unspecified atom stereocenters. The summed E-state index contributed by atoms with van der Waals surface area (Å²) in [5.41, 5.74) is 3.02. The van der Waals surface area contributed by atoms with E-state index in [9.17, 15) is 4.39 Å². The van der Waals surface area contributed by atoms with E-state index < -0.39 is 0 Å². The number of aryl methyl sites for hydroxylation is 1. The molecule has 0 amide bonds. The third kappa shape index (κ3) is 2.76. The van der Waals surface area contributed by atoms with Gasteiger partial charge >= 0.3 is 0 Å². The van der Waals surface area contributed by atoms with Crippen LogP contribution < -0.4 is 0 Å². The monoisotopic (exact) mass is 348 g/mol. The van der Waals surface area contributed by atoms with Crippen LogP contribution in [0, 0.1) is 5.82 Å². The normalized spacial score (nSPS) is 11.0. The summed E-state index contributed by atoms with van der Waals surface area (Å²) in [5.74, 6) is -0.243. The molecule has 6 heteroatoms. The van der Waals surface area contributed by atoms with E-state index in [0.717, 1.165) is 28.1 Å². The van der Waals surface area contributed by atoms with Crippen LogP contribution in [-0.2, 0) is 13.0 Å². The predicted octanol–water partition coefficient (Wildman–Crippen LogP) is 3.58. The second kappa shape index (κ2) is 5.81. The molecule has 0 N–H and O–H groups in total. The first kappa shape index (κ1) is 14.0. The number of rotatable bonds is 4. The van der Waals surface area contributed by atoms with E-state index in [1.807, 2.05) is 28.6 Å². The van der Waals surface area contributed by atoms with Crippen molar-refractivity contribution in [2.24, 2.45) is 0 Å². The second-order valence-corrected chi connectivity index (χ2v) is 5.44. The summed E-state index contributed by atoms with van der Waals surface area (Å²) in [6.07, 6.45) is 6.12. The van der Waals surface area contributed by atoms with Gasteiger partial charge in [0.2, 0.25) is 0 Å². The molecular weight excluding hydrogens is 335 g/mol. The van der Waals surface area contributed by atoms with E-state index in [-0.39, 0.29) is 5.82 Å². The van der Waals surface area contributed by atoms with Crippen molar-refractivity contribution in [2.75, 3.05) is 0 Å². The summed E-state index contributed by atoms with van der Waals surface area (Å²) in [4.78, 5) is 4.20. The van der Waals surface area contributed by atoms with Gasteiger partial charge in [0, 0.05) is 36.1 Å². The Morgan fingerprint density at radius 3 is 2.62 bits per heavy atom. The van der Waals surface area contributed by atoms with Crippen LogP contribution in [0.25, 0.3) is 5.69 Å². The Hall–Kier alpha value is -1.95. The average molecular weight is 349 g/mol. The lowest BCUT2D eigenvalue weighted by molar-refractivity contribution is 0.627. The zero-order chi connectivity index (χ0) is 14.8. The van der Waals surface area contributed by atoms with Crippen LogP contribution in [-0.4, -0.2) is 19.3 Å². The van der Waals surface area contributed by atoms with Gasteiger partial charge < -0.3 is 4.57 Å². The lowest BCUT2D eigenvalue weighted by atomic mass is 10.2. The Morgan fingerprint density at radius 2 is 1.95 bits per heavy atom. The molecule has 0 bridgehead atoms. The molecule has 0 aliphatic heterocycles. The maximum Gasteiger partial charge on any atom is 0.123 e. The minimum absolute atomic E-state index is 0.243. The largest absolute Gasteiger partial charge is 0.303 e. The van der Waals surface area contributed by atoms with Crippen molar-refractivity contribution in [1.29, 1.82) is 0 Å². The molecule has 3 aromatic rings. The molecule has 3 rings (SSSR count). The van der Waals surface area contributed by atoms with Crippen molar-refractivity contribution in [3.05, 3.63) is 64.7 Å². The zero-order valence-corrected chi connectivity index (χ0v) is 13.1. The molecule has 0 saturated carbocycles. The van der Waals surface area contributed by atoms with Crippen LogP contribution in [0.4, 0.5) is 4.39 Å². The Kier molecular flexibility index (Phi) is 3.88. The highest BCUT2D eigenvalue weighted by atomic mass is 79.9. The molecule has 0 saturated heterocycles. The minimum atomic E-state index is -0.243. The average Bonchev–Trinajstić information content (AvgIpc) is 3.08. The molecule has 0 aliphatic carbocycles. The molecule has 0 atom stereocenters. The van der Waals surface area contributed by atoms with Gasteiger partial charge in [0.05, 0.1) is 12.5 Å². The number of hydrogen-bond donors (Lipinski definition) is 0. The van der Waals surface area contributed by atoms with Crippen LogP contribution in [0.2, 0.25) is 0 Å². The van der Waals surface area contributed by atoms with E-state index in [0.29, 0.717) is 6.42 Å². The van der Waals surface area contributed by atoms with Crippen molar-refractivity contribution in [2.45, 2.75) is 19.9 Å². The van der Waals surface area contributed by atoms with Crippen LogP contribution in [0.3, 0.4) is 0 Å². The highest BCUT2D eigenvalue weighted by Gasteiger charge is 2.11. The molecule has 21 heavy (non-hydrogen) atoms. The number of hydrogen-bond acceptors (Lipinski definition) is 2. The van der Waals surface area contributed by atoms with Crippen molar-refractivity contribution < 1.29 is 4.39 Å². The van der Waals surface area contributed by atoms with E-state index in [4.69, 9.17) is 0 Å². The van der Waals surface area contributed by atoms with Crippen molar-refractivity contribution in [1.82, 2.24) is 19.3 Å². The highest BCUT2D eigenvalue weighted by Crippen LogP contribution is 2.21. The summed E-state index contributed by atoms with van der Waals surface area (Å²) < 4.78 is 17.9. The summed E-state index contributed by atoms with van der Waals surface area (Å²) in [5, 5.41) is 4.32. The molecule has 1 aromatic carbocycles. The third-order valence-electron chi connectivity index (χ3n) is 3.34. The molecule has 2 heterocycles. The van der Waals surface area contributed by atoms with Crippen LogP contribution >= 0.6 is 15.9 Å². The van der Waals surface area contributed by atoms with Gasteiger partial charge in [-0.1, -0.05) is 0 Å². The SMILES string of the molecule is CCn1ncc(Cc2cncn2-c2ccc(F)cc2)c1Br. The van der Waals surface area contributed by atoms with E-state index in [1.165, 1.54) is 12.1 Å². The number of imidazole rings is 1. The van der Waals surface area contributed by atoms with Crippen LogP contribution in [0.5, 0.6) is 0 Å². The molecular formula is C15H14BrFN4. The molecule has 0 radical (unpaired) electrons. The Labute approximate surface area is 130 Å². The number of halogens is 2. The first-order valence-electron chi connectivity index (χ1n) is 6.66. The smallest absolute Gasteiger partial charge is 0.123 e. The van der Waals surface area contributed by atoms with Gasteiger partial charge in [0.15, 0.2) is 0 Å². The Bertz CT molecular complexity index is 745. The lowest BCUT2D eigenvalue weighted by Gasteiger charge is -2.08. The van der Waals surface area contributed by atoms with Gasteiger partial charge in [0.1, 0.15) is 10.4 Å². The predicted molar refractivity (Wildman–Crippen MR) is 81.9 cm³/mol. The highest BCUT2D eigenvalue weighted by molar-refractivity contribution is 9.10. The summed E-state index contributed by atoms with van der Waals surface area (Å²) in [6.45, 7) is 2.86. The molecule has 4 nitrogen and oxygen atoms in total. The summed E-state index contributed by atoms with van der Waals surface area (Å²) in [7, 11) is 0. The molecule has 108 valence electrons. The molecule has 0 fully saturated rings. The molecule has 0 aliphatic rings. The fourth-order valence-electron chi connectivity index (χ4n) is 2.23. The Balaban J connectivity index is 1.92. The maximum absolute atomic E-state index is 13.0. The maximum atomic E-state index is 13.0. The quantitative estimate of drug-likeness (QED) is 0.722. The fraction of sp³-hybridized carbons (Fsp3) is 0.200. The van der Waals surface area contributed by atoms with E-state index >= 15 is 0 Å². The number of benzene rings is 1. The fourth-order valence-corrected chi connectivity index (χ4v) is 2.82. The zero-order valence-electron chi connectivity index (χ0n) is 11.5. The van der Waals surface area contributed by atoms with Gasteiger partial charge in [-0.05, 0) is 47.1 Å². The summed E-state index contributed by atoms with van der Waals surface area (Å²) in [6, 6.07) is 6.38. The third-order valence-corrected chi connectivity index (χ3v) is 4.25. The minimum Gasteiger partial charge on any atom is -0.303 e. The standard InChI is InChI=1S/C15H14BrFN4/c1-2-21-15(16)11(8-19-21)7-14-9-18-10-20(14)13-5-3-12(17)4-6-13/h3-6,8-10H,2,7H2,1H3. The first-order chi connectivity index (χ1) is 10.2. The van der Waals surface area contributed by atoms with Crippen LogP contribution in [0.15, 0.2) is 47.6 Å². The number of aromatic nitrogens is 4. The summed E-state index contributed by atoms with van der Waals surface area (Å²) >= 11 is 3.57. The molecule has 2 aromatic heterocycles. The second-order valence-electron chi connectivity index (χ2n) is 4.68. The van der Waals surface area contributed by atoms with Gasteiger partial charge in [-0.25, -0.2) is 9.37 Å². The lowest BCUT2D eigenvalue weighted by Crippen LogP contribution is -2.01. The molecule has 0 spiro atoms. The van der Waals surface area contributed by atoms with E-state index in [1.54, 1.807) is 18.5 Å². The van der Waals surface area contributed by atoms with Gasteiger partial charge in [-0.2, -0.15) is 5.10 Å². The van der Waals surface area contributed by atoms with E-state index in [2.05, 4.69) is 26.0 Å². The number of nitrogens with zero attached hydrogens (tertiary/aromatic N) is 4. The van der Waals surface area contributed by atoms with Crippen molar-refractivity contribution in [3.8, 4) is 5.69 Å².